The largest absolute Gasteiger partial charge is 0.497 e. The molecule has 1 N–H and O–H groups in total. The Balaban J connectivity index is 1.91. The number of rotatable bonds is 10. The van der Waals surface area contributed by atoms with Crippen molar-refractivity contribution >= 4 is 35.4 Å². The fourth-order valence-corrected chi connectivity index (χ4v) is 5.38. The smallest absolute Gasteiger partial charge is 0.328 e. The highest BCUT2D eigenvalue weighted by atomic mass is 19.3. The SMILES string of the molecule is COc1cc(N(C)C)c(/C=C(/C)C=O)c(N2CCCc3cc(-c4cnn(C(C(=O)O)C(C)C)c4)c(C(F)F)cc32)c1. The molecule has 1 aromatic heterocycles. The molecule has 0 saturated carbocycles. The van der Waals surface area contributed by atoms with Gasteiger partial charge in [-0.1, -0.05) is 13.8 Å². The topological polar surface area (TPSA) is 87.9 Å². The van der Waals surface area contributed by atoms with E-state index in [0.29, 0.717) is 41.1 Å². The predicted octanol–water partition coefficient (Wildman–Crippen LogP) is 6.53. The second-order valence-corrected chi connectivity index (χ2v) is 10.8. The number of hydrogen-bond acceptors (Lipinski definition) is 6. The zero-order valence-corrected chi connectivity index (χ0v) is 24.2. The standard InChI is InChI=1S/C31H36F2N4O4/c1-18(2)29(31(39)40)37-16-21(15-34-37)23-11-20-8-7-9-36(26(20)14-24(23)30(32)33)28-13-22(41-6)12-27(35(4)5)25(28)10-19(3)17-38/h10-18,29-30H,7-9H2,1-6H3,(H,39,40)/b19-10-. The number of halogens is 2. The van der Waals surface area contributed by atoms with Crippen LogP contribution in [0.2, 0.25) is 0 Å². The summed E-state index contributed by atoms with van der Waals surface area (Å²) >= 11 is 0. The number of alkyl halides is 2. The van der Waals surface area contributed by atoms with Gasteiger partial charge in [0.05, 0.1) is 19.0 Å². The van der Waals surface area contributed by atoms with Gasteiger partial charge < -0.3 is 19.6 Å². The molecule has 3 aromatic rings. The number of aliphatic carboxylic acids is 1. The lowest BCUT2D eigenvalue weighted by molar-refractivity contribution is -0.142. The summed E-state index contributed by atoms with van der Waals surface area (Å²) in [5.74, 6) is -0.671. The van der Waals surface area contributed by atoms with Gasteiger partial charge in [0.1, 0.15) is 12.0 Å². The van der Waals surface area contributed by atoms with Crippen LogP contribution in [0.5, 0.6) is 5.75 Å². The van der Waals surface area contributed by atoms with Gasteiger partial charge in [-0.15, -0.1) is 0 Å². The number of carboxylic acids is 1. The lowest BCUT2D eigenvalue weighted by Gasteiger charge is -2.35. The van der Waals surface area contributed by atoms with Crippen LogP contribution in [-0.4, -0.2) is 54.9 Å². The van der Waals surface area contributed by atoms with Crippen LogP contribution in [0.25, 0.3) is 17.2 Å². The number of hydrogen-bond donors (Lipinski definition) is 1. The fourth-order valence-electron chi connectivity index (χ4n) is 5.38. The highest BCUT2D eigenvalue weighted by molar-refractivity contribution is 5.91. The molecule has 218 valence electrons. The number of benzene rings is 2. The number of aldehydes is 1. The molecule has 1 unspecified atom stereocenters. The minimum absolute atomic E-state index is 0.163. The fraction of sp³-hybridized carbons (Fsp3) is 0.387. The maximum absolute atomic E-state index is 14.6. The lowest BCUT2D eigenvalue weighted by Crippen LogP contribution is -2.26. The van der Waals surface area contributed by atoms with Gasteiger partial charge in [0, 0.05) is 67.0 Å². The number of methoxy groups -OCH3 is 1. The maximum atomic E-state index is 14.6. The summed E-state index contributed by atoms with van der Waals surface area (Å²) in [6.45, 7) is 5.86. The number of carboxylic acid groups (broad SMARTS) is 1. The number of carbonyl (C=O) groups is 2. The quantitative estimate of drug-likeness (QED) is 0.221. The van der Waals surface area contributed by atoms with Crippen LogP contribution in [0.1, 0.15) is 56.3 Å². The molecule has 0 saturated heterocycles. The number of aryl methyl sites for hydroxylation is 1. The Hall–Kier alpha value is -4.21. The average Bonchev–Trinajstić information content (AvgIpc) is 3.40. The van der Waals surface area contributed by atoms with Crippen LogP contribution in [0.4, 0.5) is 25.8 Å². The van der Waals surface area contributed by atoms with Crippen LogP contribution in [-0.2, 0) is 16.0 Å². The Morgan fingerprint density at radius 2 is 1.90 bits per heavy atom. The highest BCUT2D eigenvalue weighted by Crippen LogP contribution is 2.45. The number of anilines is 3. The van der Waals surface area contributed by atoms with Crippen LogP contribution < -0.4 is 14.5 Å². The maximum Gasteiger partial charge on any atom is 0.328 e. The molecule has 0 radical (unpaired) electrons. The molecule has 0 aliphatic carbocycles. The van der Waals surface area contributed by atoms with Crippen molar-refractivity contribution in [2.75, 3.05) is 37.5 Å². The van der Waals surface area contributed by atoms with Gasteiger partial charge in [-0.05, 0) is 60.6 Å². The summed E-state index contributed by atoms with van der Waals surface area (Å²) in [5, 5.41) is 13.9. The monoisotopic (exact) mass is 566 g/mol. The Morgan fingerprint density at radius 3 is 2.49 bits per heavy atom. The summed E-state index contributed by atoms with van der Waals surface area (Å²) in [5.41, 5.74) is 5.03. The van der Waals surface area contributed by atoms with E-state index >= 15 is 0 Å². The molecule has 1 atom stereocenters. The second kappa shape index (κ2) is 12.1. The Kier molecular flexibility index (Phi) is 8.80. The molecule has 0 amide bonds. The van der Waals surface area contributed by atoms with E-state index in [-0.39, 0.29) is 11.5 Å². The number of carbonyl (C=O) groups excluding carboxylic acids is 1. The second-order valence-electron chi connectivity index (χ2n) is 10.8. The average molecular weight is 567 g/mol. The molecule has 4 rings (SSSR count). The number of ether oxygens (including phenoxy) is 1. The minimum Gasteiger partial charge on any atom is -0.497 e. The summed E-state index contributed by atoms with van der Waals surface area (Å²) in [4.78, 5) is 27.3. The molecule has 1 aliphatic heterocycles. The van der Waals surface area contributed by atoms with E-state index in [2.05, 4.69) is 5.10 Å². The molecule has 0 fully saturated rings. The molecule has 0 bridgehead atoms. The molecule has 10 heteroatoms. The summed E-state index contributed by atoms with van der Waals surface area (Å²) in [6.07, 6.45) is 4.25. The number of allylic oxidation sites excluding steroid dienone is 1. The van der Waals surface area contributed by atoms with E-state index in [4.69, 9.17) is 4.74 Å². The third-order valence-electron chi connectivity index (χ3n) is 7.36. The van der Waals surface area contributed by atoms with Gasteiger partial charge in [-0.2, -0.15) is 5.10 Å². The van der Waals surface area contributed by atoms with E-state index in [0.717, 1.165) is 35.2 Å². The molecule has 1 aliphatic rings. The zero-order chi connectivity index (χ0) is 30.0. The molecular weight excluding hydrogens is 530 g/mol. The molecule has 41 heavy (non-hydrogen) atoms. The minimum atomic E-state index is -2.78. The van der Waals surface area contributed by atoms with E-state index in [9.17, 15) is 23.5 Å². The third-order valence-corrected chi connectivity index (χ3v) is 7.36. The first-order valence-corrected chi connectivity index (χ1v) is 13.5. The van der Waals surface area contributed by atoms with Gasteiger partial charge in [0.15, 0.2) is 6.04 Å². The molecule has 2 heterocycles. The van der Waals surface area contributed by atoms with Crippen molar-refractivity contribution in [3.63, 3.8) is 0 Å². The number of nitrogens with zero attached hydrogens (tertiary/aromatic N) is 4. The van der Waals surface area contributed by atoms with Crippen LogP contribution in [0, 0.1) is 5.92 Å². The van der Waals surface area contributed by atoms with Crippen molar-refractivity contribution < 1.29 is 28.2 Å². The molecule has 8 nitrogen and oxygen atoms in total. The third kappa shape index (κ3) is 5.96. The van der Waals surface area contributed by atoms with Gasteiger partial charge in [-0.3, -0.25) is 9.48 Å². The normalized spacial score (nSPS) is 14.3. The molecular formula is C31H36F2N4O4. The van der Waals surface area contributed by atoms with Crippen molar-refractivity contribution in [1.29, 1.82) is 0 Å². The summed E-state index contributed by atoms with van der Waals surface area (Å²) < 4.78 is 36.1. The van der Waals surface area contributed by atoms with Crippen LogP contribution in [0.15, 0.2) is 42.2 Å². The zero-order valence-electron chi connectivity index (χ0n) is 24.2. The van der Waals surface area contributed by atoms with Gasteiger partial charge >= 0.3 is 5.97 Å². The predicted molar refractivity (Wildman–Crippen MR) is 156 cm³/mol. The van der Waals surface area contributed by atoms with Crippen molar-refractivity contribution in [1.82, 2.24) is 9.78 Å². The lowest BCUT2D eigenvalue weighted by atomic mass is 9.92. The van der Waals surface area contributed by atoms with Crippen molar-refractivity contribution in [3.05, 3.63) is 58.9 Å². The first-order chi connectivity index (χ1) is 19.5. The Morgan fingerprint density at radius 1 is 1.17 bits per heavy atom. The van der Waals surface area contributed by atoms with Crippen molar-refractivity contribution in [3.8, 4) is 16.9 Å². The van der Waals surface area contributed by atoms with Crippen molar-refractivity contribution in [2.24, 2.45) is 5.92 Å². The first-order valence-electron chi connectivity index (χ1n) is 13.5. The van der Waals surface area contributed by atoms with Gasteiger partial charge in [-0.25, -0.2) is 13.6 Å². The van der Waals surface area contributed by atoms with E-state index < -0.39 is 18.4 Å². The van der Waals surface area contributed by atoms with Crippen molar-refractivity contribution in [2.45, 2.75) is 46.1 Å². The Labute approximate surface area is 238 Å². The van der Waals surface area contributed by atoms with Gasteiger partial charge in [0.2, 0.25) is 0 Å². The Bertz CT molecular complexity index is 1480. The first kappa shape index (κ1) is 29.8. The van der Waals surface area contributed by atoms with Crippen LogP contribution in [0.3, 0.4) is 0 Å². The van der Waals surface area contributed by atoms with E-state index in [1.807, 2.05) is 36.0 Å². The highest BCUT2D eigenvalue weighted by Gasteiger charge is 2.29. The summed E-state index contributed by atoms with van der Waals surface area (Å²) in [7, 11) is 5.36. The summed E-state index contributed by atoms with van der Waals surface area (Å²) in [6, 6.07) is 6.13. The van der Waals surface area contributed by atoms with E-state index in [1.165, 1.54) is 23.1 Å². The number of aromatic nitrogens is 2. The van der Waals surface area contributed by atoms with E-state index in [1.54, 1.807) is 40.0 Å². The molecule has 0 spiro atoms. The van der Waals surface area contributed by atoms with Crippen LogP contribution >= 0.6 is 0 Å². The molecule has 2 aromatic carbocycles. The van der Waals surface area contributed by atoms with Gasteiger partial charge in [0.25, 0.3) is 6.43 Å². The number of fused-ring (bicyclic) bond motifs is 1.